The molecule has 1 aromatic rings. The van der Waals surface area contributed by atoms with Crippen molar-refractivity contribution in [3.63, 3.8) is 0 Å². The van der Waals surface area contributed by atoms with Crippen molar-refractivity contribution in [3.8, 4) is 0 Å². The van der Waals surface area contributed by atoms with E-state index >= 15 is 0 Å². The number of ether oxygens (including phenoxy) is 2. The van der Waals surface area contributed by atoms with Crippen LogP contribution in [0.2, 0.25) is 0 Å². The topological polar surface area (TPSA) is 59.0 Å². The zero-order valence-corrected chi connectivity index (χ0v) is 16.8. The van der Waals surface area contributed by atoms with Crippen LogP contribution in [-0.2, 0) is 16.0 Å². The molecule has 0 amide bonds. The van der Waals surface area contributed by atoms with Gasteiger partial charge in [0.1, 0.15) is 11.1 Å². The zero-order valence-electron chi connectivity index (χ0n) is 16.0. The van der Waals surface area contributed by atoms with Crippen LogP contribution in [0.5, 0.6) is 0 Å². The first-order valence-electron chi connectivity index (χ1n) is 9.18. The largest absolute Gasteiger partial charge is 0.381 e. The van der Waals surface area contributed by atoms with Crippen molar-refractivity contribution in [3.05, 3.63) is 16.1 Å². The number of rotatable bonds is 11. The van der Waals surface area contributed by atoms with Gasteiger partial charge in [-0.1, -0.05) is 0 Å². The van der Waals surface area contributed by atoms with Crippen LogP contribution in [0.25, 0.3) is 0 Å². The summed E-state index contributed by atoms with van der Waals surface area (Å²) in [5, 5.41) is 6.46. The summed E-state index contributed by atoms with van der Waals surface area (Å²) in [5.74, 6) is 1.75. The van der Waals surface area contributed by atoms with Gasteiger partial charge in [-0.15, -0.1) is 11.3 Å². The summed E-state index contributed by atoms with van der Waals surface area (Å²) in [7, 11) is 3.76. The first-order chi connectivity index (χ1) is 12.1. The van der Waals surface area contributed by atoms with Crippen molar-refractivity contribution in [2.24, 2.45) is 10.9 Å². The fourth-order valence-corrected chi connectivity index (χ4v) is 3.20. The van der Waals surface area contributed by atoms with E-state index in [0.29, 0.717) is 0 Å². The molecule has 1 atom stereocenters. The predicted molar refractivity (Wildman–Crippen MR) is 103 cm³/mol. The van der Waals surface area contributed by atoms with Crippen molar-refractivity contribution in [2.75, 3.05) is 40.5 Å². The van der Waals surface area contributed by atoms with Crippen LogP contribution in [0, 0.1) is 5.92 Å². The second kappa shape index (κ2) is 10.7. The van der Waals surface area contributed by atoms with Gasteiger partial charge in [-0.3, -0.25) is 4.99 Å². The first kappa shape index (κ1) is 20.1. The summed E-state index contributed by atoms with van der Waals surface area (Å²) in [6.07, 6.45) is 3.69. The van der Waals surface area contributed by atoms with Crippen LogP contribution in [-0.4, -0.2) is 56.3 Å². The first-order valence-corrected chi connectivity index (χ1v) is 10.1. The molecule has 142 valence electrons. The molecule has 2 rings (SSSR count). The Morgan fingerprint density at radius 2 is 2.32 bits per heavy atom. The number of methoxy groups -OCH3 is 1. The molecule has 6 nitrogen and oxygen atoms in total. The SMILES string of the molecule is CCNC(=NCCCOCC1CC1)N(C)Cc1csc(C(C)OC)n1. The van der Waals surface area contributed by atoms with Gasteiger partial charge in [-0.05, 0) is 39.0 Å². The lowest BCUT2D eigenvalue weighted by Gasteiger charge is -2.21. The molecule has 1 heterocycles. The van der Waals surface area contributed by atoms with Gasteiger partial charge >= 0.3 is 0 Å². The molecule has 7 heteroatoms. The van der Waals surface area contributed by atoms with E-state index in [4.69, 9.17) is 14.5 Å². The summed E-state index contributed by atoms with van der Waals surface area (Å²) < 4.78 is 11.0. The molecule has 0 aliphatic heterocycles. The molecule has 0 radical (unpaired) electrons. The Balaban J connectivity index is 1.77. The summed E-state index contributed by atoms with van der Waals surface area (Å²) in [4.78, 5) is 11.5. The van der Waals surface area contributed by atoms with Gasteiger partial charge in [-0.2, -0.15) is 0 Å². The van der Waals surface area contributed by atoms with E-state index < -0.39 is 0 Å². The van der Waals surface area contributed by atoms with Crippen molar-refractivity contribution >= 4 is 17.3 Å². The maximum absolute atomic E-state index is 5.67. The fraction of sp³-hybridized carbons (Fsp3) is 0.778. The van der Waals surface area contributed by atoms with Crippen molar-refractivity contribution in [2.45, 2.75) is 45.8 Å². The van der Waals surface area contributed by atoms with Crippen molar-refractivity contribution < 1.29 is 9.47 Å². The van der Waals surface area contributed by atoms with Gasteiger partial charge in [-0.25, -0.2) is 4.98 Å². The summed E-state index contributed by atoms with van der Waals surface area (Å²) >= 11 is 1.64. The molecular formula is C18H32N4O2S. The number of thiazole rings is 1. The van der Waals surface area contributed by atoms with Crippen LogP contribution < -0.4 is 5.32 Å². The average Bonchev–Trinajstić information content (AvgIpc) is 3.32. The summed E-state index contributed by atoms with van der Waals surface area (Å²) in [6.45, 7) is 8.19. The van der Waals surface area contributed by atoms with Crippen LogP contribution >= 0.6 is 11.3 Å². The third-order valence-electron chi connectivity index (χ3n) is 4.13. The third-order valence-corrected chi connectivity index (χ3v) is 5.18. The Bertz CT molecular complexity index is 531. The van der Waals surface area contributed by atoms with Crippen LogP contribution in [0.4, 0.5) is 0 Å². The molecule has 1 unspecified atom stereocenters. The third kappa shape index (κ3) is 7.30. The Morgan fingerprint density at radius 3 is 3.00 bits per heavy atom. The molecule has 1 N–H and O–H groups in total. The lowest BCUT2D eigenvalue weighted by molar-refractivity contribution is 0.119. The molecule has 1 aromatic heterocycles. The molecule has 0 bridgehead atoms. The van der Waals surface area contributed by atoms with E-state index in [2.05, 4.69) is 27.5 Å². The summed E-state index contributed by atoms with van der Waals surface area (Å²) in [5.41, 5.74) is 1.05. The van der Waals surface area contributed by atoms with Crippen molar-refractivity contribution in [1.29, 1.82) is 0 Å². The minimum Gasteiger partial charge on any atom is -0.381 e. The molecule has 1 fully saturated rings. The van der Waals surface area contributed by atoms with Crippen LogP contribution in [0.15, 0.2) is 10.4 Å². The highest BCUT2D eigenvalue weighted by molar-refractivity contribution is 7.09. The van der Waals surface area contributed by atoms with E-state index in [-0.39, 0.29) is 6.10 Å². The van der Waals surface area contributed by atoms with E-state index in [1.807, 2.05) is 14.0 Å². The summed E-state index contributed by atoms with van der Waals surface area (Å²) in [6, 6.07) is 0. The highest BCUT2D eigenvalue weighted by Crippen LogP contribution is 2.28. The molecule has 1 saturated carbocycles. The molecule has 0 spiro atoms. The van der Waals surface area contributed by atoms with Gasteiger partial charge in [0, 0.05) is 45.8 Å². The maximum atomic E-state index is 5.67. The zero-order chi connectivity index (χ0) is 18.1. The molecular weight excluding hydrogens is 336 g/mol. The molecule has 0 aromatic carbocycles. The smallest absolute Gasteiger partial charge is 0.194 e. The lowest BCUT2D eigenvalue weighted by atomic mass is 10.4. The fourth-order valence-electron chi connectivity index (χ4n) is 2.36. The number of aromatic nitrogens is 1. The maximum Gasteiger partial charge on any atom is 0.194 e. The Morgan fingerprint density at radius 1 is 1.52 bits per heavy atom. The van der Waals surface area contributed by atoms with E-state index in [9.17, 15) is 0 Å². The predicted octanol–water partition coefficient (Wildman–Crippen LogP) is 3.06. The normalized spacial score (nSPS) is 16.1. The highest BCUT2D eigenvalue weighted by atomic mass is 32.1. The highest BCUT2D eigenvalue weighted by Gasteiger charge is 2.20. The second-order valence-corrected chi connectivity index (χ2v) is 7.41. The van der Waals surface area contributed by atoms with Gasteiger partial charge in [0.25, 0.3) is 0 Å². The standard InChI is InChI=1S/C18H32N4O2S/c1-5-19-18(20-9-6-10-24-12-15-7-8-15)22(3)11-16-13-25-17(21-16)14(2)23-4/h13-15H,5-12H2,1-4H3,(H,19,20). The minimum absolute atomic E-state index is 0.0431. The van der Waals surface area contributed by atoms with E-state index in [0.717, 1.165) is 61.8 Å². The van der Waals surface area contributed by atoms with Gasteiger partial charge in [0.05, 0.1) is 12.2 Å². The number of nitrogens with zero attached hydrogens (tertiary/aromatic N) is 3. The minimum atomic E-state index is 0.0431. The number of aliphatic imine (C=N–C) groups is 1. The van der Waals surface area contributed by atoms with Gasteiger partial charge < -0.3 is 19.7 Å². The lowest BCUT2D eigenvalue weighted by Crippen LogP contribution is -2.38. The number of nitrogens with one attached hydrogen (secondary N) is 1. The average molecular weight is 369 g/mol. The number of hydrogen-bond acceptors (Lipinski definition) is 5. The molecule has 25 heavy (non-hydrogen) atoms. The number of hydrogen-bond donors (Lipinski definition) is 1. The number of guanidine groups is 1. The molecule has 1 aliphatic rings. The van der Waals surface area contributed by atoms with E-state index in [1.54, 1.807) is 18.4 Å². The quantitative estimate of drug-likeness (QED) is 0.369. The Labute approximate surface area is 155 Å². The molecule has 1 aliphatic carbocycles. The van der Waals surface area contributed by atoms with Crippen molar-refractivity contribution in [1.82, 2.24) is 15.2 Å². The molecule has 0 saturated heterocycles. The van der Waals surface area contributed by atoms with Crippen LogP contribution in [0.3, 0.4) is 0 Å². The van der Waals surface area contributed by atoms with Gasteiger partial charge in [0.2, 0.25) is 0 Å². The van der Waals surface area contributed by atoms with Gasteiger partial charge in [0.15, 0.2) is 5.96 Å². The van der Waals surface area contributed by atoms with E-state index in [1.165, 1.54) is 12.8 Å². The van der Waals surface area contributed by atoms with Crippen LogP contribution in [0.1, 0.15) is 49.9 Å². The monoisotopic (exact) mass is 368 g/mol. The Hall–Kier alpha value is -1.18. The second-order valence-electron chi connectivity index (χ2n) is 6.52. The Kier molecular flexibility index (Phi) is 8.64.